The number of aliphatic hydroxyl groups is 1. The molecule has 0 radical (unpaired) electrons. The summed E-state index contributed by atoms with van der Waals surface area (Å²) in [5.41, 5.74) is 1.59. The molecule has 0 saturated heterocycles. The number of sulfone groups is 1. The van der Waals surface area contributed by atoms with Gasteiger partial charge in [-0.2, -0.15) is 0 Å². The van der Waals surface area contributed by atoms with Crippen LogP contribution in [-0.2, 0) is 9.84 Å². The second-order valence-corrected chi connectivity index (χ2v) is 9.44. The van der Waals surface area contributed by atoms with Crippen molar-refractivity contribution in [1.82, 2.24) is 20.2 Å². The van der Waals surface area contributed by atoms with Crippen LogP contribution in [0.25, 0.3) is 34.3 Å². The van der Waals surface area contributed by atoms with Gasteiger partial charge in [-0.15, -0.1) is 10.2 Å². The van der Waals surface area contributed by atoms with Gasteiger partial charge in [0.25, 0.3) is 11.8 Å². The van der Waals surface area contributed by atoms with Gasteiger partial charge < -0.3 is 9.52 Å². The van der Waals surface area contributed by atoms with Crippen molar-refractivity contribution in [2.75, 3.05) is 6.61 Å². The normalized spacial score (nSPS) is 12.6. The standard InChI is InChI=1S/C22H19FN4O4S/c1-14(10-11-28)32(29,30)16-8-6-15(7-9-16)19-12-24-13-20(25-19)22-27-26-21(31-22)17-4-2-3-5-18(17)23/h2-9,12-14,28H,10-11H2,1H3. The third-order valence-corrected chi connectivity index (χ3v) is 7.15. The Bertz CT molecular complexity index is 1340. The van der Waals surface area contributed by atoms with Gasteiger partial charge >= 0.3 is 0 Å². The summed E-state index contributed by atoms with van der Waals surface area (Å²) in [5.74, 6) is -0.377. The quantitative estimate of drug-likeness (QED) is 0.450. The summed E-state index contributed by atoms with van der Waals surface area (Å²) in [4.78, 5) is 8.78. The third kappa shape index (κ3) is 4.27. The monoisotopic (exact) mass is 454 g/mol. The van der Waals surface area contributed by atoms with E-state index in [2.05, 4.69) is 20.2 Å². The molecule has 4 aromatic rings. The first kappa shape index (κ1) is 21.7. The third-order valence-electron chi connectivity index (χ3n) is 4.93. The van der Waals surface area contributed by atoms with E-state index >= 15 is 0 Å². The lowest BCUT2D eigenvalue weighted by atomic mass is 10.1. The van der Waals surface area contributed by atoms with Gasteiger partial charge in [-0.05, 0) is 37.6 Å². The van der Waals surface area contributed by atoms with E-state index in [1.807, 2.05) is 0 Å². The molecule has 0 aliphatic heterocycles. The highest BCUT2D eigenvalue weighted by Gasteiger charge is 2.23. The van der Waals surface area contributed by atoms with Crippen LogP contribution >= 0.6 is 0 Å². The fraction of sp³-hybridized carbons (Fsp3) is 0.182. The molecule has 2 aromatic carbocycles. The predicted octanol–water partition coefficient (Wildman–Crippen LogP) is 3.54. The first-order valence-electron chi connectivity index (χ1n) is 9.76. The highest BCUT2D eigenvalue weighted by molar-refractivity contribution is 7.92. The van der Waals surface area contributed by atoms with E-state index in [4.69, 9.17) is 9.52 Å². The maximum Gasteiger partial charge on any atom is 0.268 e. The van der Waals surface area contributed by atoms with E-state index in [1.54, 1.807) is 31.2 Å². The van der Waals surface area contributed by atoms with Crippen LogP contribution in [0.2, 0.25) is 0 Å². The molecule has 0 spiro atoms. The molecule has 8 nitrogen and oxygen atoms in total. The number of halogens is 1. The van der Waals surface area contributed by atoms with Gasteiger partial charge in [0.1, 0.15) is 11.5 Å². The molecule has 0 aliphatic rings. The summed E-state index contributed by atoms with van der Waals surface area (Å²) < 4.78 is 44.7. The molecule has 2 aromatic heterocycles. The molecule has 1 N–H and O–H groups in total. The van der Waals surface area contributed by atoms with Crippen LogP contribution in [0.4, 0.5) is 4.39 Å². The molecular weight excluding hydrogens is 435 g/mol. The number of nitrogens with zero attached hydrogens (tertiary/aromatic N) is 4. The molecule has 1 atom stereocenters. The largest absolute Gasteiger partial charge is 0.414 e. The minimum absolute atomic E-state index is 0.0249. The van der Waals surface area contributed by atoms with Crippen LogP contribution in [0.1, 0.15) is 13.3 Å². The Morgan fingerprint density at radius 3 is 2.41 bits per heavy atom. The van der Waals surface area contributed by atoms with E-state index in [9.17, 15) is 12.8 Å². The van der Waals surface area contributed by atoms with Gasteiger partial charge in [0, 0.05) is 12.2 Å². The average molecular weight is 454 g/mol. The zero-order chi connectivity index (χ0) is 22.7. The molecule has 2 heterocycles. The van der Waals surface area contributed by atoms with Crippen LogP contribution in [-0.4, -0.2) is 45.5 Å². The Kier molecular flexibility index (Phi) is 6.06. The van der Waals surface area contributed by atoms with Crippen LogP contribution in [0, 0.1) is 5.82 Å². The Morgan fingerprint density at radius 2 is 1.69 bits per heavy atom. The van der Waals surface area contributed by atoms with E-state index in [1.165, 1.54) is 36.7 Å². The summed E-state index contributed by atoms with van der Waals surface area (Å²) in [7, 11) is -3.54. The van der Waals surface area contributed by atoms with E-state index in [0.717, 1.165) is 0 Å². The summed E-state index contributed by atoms with van der Waals surface area (Å²) in [5, 5.41) is 16.2. The van der Waals surface area contributed by atoms with Crippen LogP contribution < -0.4 is 0 Å². The number of aliphatic hydroxyl groups excluding tert-OH is 1. The SMILES string of the molecule is CC(CCO)S(=O)(=O)c1ccc(-c2cncc(-c3nnc(-c4ccccc4F)o3)n2)cc1. The van der Waals surface area contributed by atoms with Gasteiger partial charge in [-0.3, -0.25) is 4.98 Å². The number of aromatic nitrogens is 4. The zero-order valence-corrected chi connectivity index (χ0v) is 17.8. The number of hydrogen-bond donors (Lipinski definition) is 1. The lowest BCUT2D eigenvalue weighted by Crippen LogP contribution is -2.19. The van der Waals surface area contributed by atoms with Gasteiger partial charge in [0.05, 0.1) is 33.8 Å². The fourth-order valence-electron chi connectivity index (χ4n) is 3.06. The minimum Gasteiger partial charge on any atom is -0.414 e. The topological polar surface area (TPSA) is 119 Å². The first-order valence-corrected chi connectivity index (χ1v) is 11.3. The Balaban J connectivity index is 1.61. The Labute approximate surface area is 183 Å². The molecular formula is C22H19FN4O4S. The van der Waals surface area contributed by atoms with Crippen molar-refractivity contribution >= 4 is 9.84 Å². The number of benzene rings is 2. The minimum atomic E-state index is -3.54. The number of rotatable bonds is 7. The number of hydrogen-bond acceptors (Lipinski definition) is 8. The molecule has 0 fully saturated rings. The van der Waals surface area contributed by atoms with Crippen molar-refractivity contribution in [3.63, 3.8) is 0 Å². The molecule has 1 unspecified atom stereocenters. The van der Waals surface area contributed by atoms with Crippen molar-refractivity contribution in [3.05, 3.63) is 66.7 Å². The van der Waals surface area contributed by atoms with Crippen LogP contribution in [0.5, 0.6) is 0 Å². The summed E-state index contributed by atoms with van der Waals surface area (Å²) >= 11 is 0. The van der Waals surface area contributed by atoms with Crippen molar-refractivity contribution in [2.24, 2.45) is 0 Å². The Hall–Kier alpha value is -3.50. The lowest BCUT2D eigenvalue weighted by Gasteiger charge is -2.12. The molecule has 0 saturated carbocycles. The van der Waals surface area contributed by atoms with Crippen molar-refractivity contribution < 1.29 is 22.3 Å². The van der Waals surface area contributed by atoms with Gasteiger partial charge in [0.2, 0.25) is 0 Å². The Morgan fingerprint density at radius 1 is 1.00 bits per heavy atom. The van der Waals surface area contributed by atoms with Gasteiger partial charge in [0.15, 0.2) is 9.84 Å². The highest BCUT2D eigenvalue weighted by Crippen LogP contribution is 2.27. The summed E-state index contributed by atoms with van der Waals surface area (Å²) in [6.45, 7) is 1.36. The lowest BCUT2D eigenvalue weighted by molar-refractivity contribution is 0.287. The predicted molar refractivity (Wildman–Crippen MR) is 115 cm³/mol. The van der Waals surface area contributed by atoms with Crippen molar-refractivity contribution in [1.29, 1.82) is 0 Å². The van der Waals surface area contributed by atoms with Crippen molar-refractivity contribution in [2.45, 2.75) is 23.5 Å². The first-order chi connectivity index (χ1) is 15.4. The summed E-state index contributed by atoms with van der Waals surface area (Å²) in [6, 6.07) is 12.3. The summed E-state index contributed by atoms with van der Waals surface area (Å²) in [6.07, 6.45) is 3.13. The van der Waals surface area contributed by atoms with Gasteiger partial charge in [-0.25, -0.2) is 17.8 Å². The van der Waals surface area contributed by atoms with Crippen LogP contribution in [0.3, 0.4) is 0 Å². The van der Waals surface area contributed by atoms with Crippen molar-refractivity contribution in [3.8, 4) is 34.3 Å². The average Bonchev–Trinajstić information content (AvgIpc) is 3.30. The van der Waals surface area contributed by atoms with E-state index in [0.29, 0.717) is 17.0 Å². The zero-order valence-electron chi connectivity index (χ0n) is 17.0. The van der Waals surface area contributed by atoms with E-state index in [-0.39, 0.29) is 35.3 Å². The molecule has 32 heavy (non-hydrogen) atoms. The maximum absolute atomic E-state index is 14.0. The maximum atomic E-state index is 14.0. The molecule has 0 bridgehead atoms. The molecule has 0 aliphatic carbocycles. The second kappa shape index (κ2) is 8.93. The molecule has 0 amide bonds. The van der Waals surface area contributed by atoms with Crippen LogP contribution in [0.15, 0.2) is 70.2 Å². The second-order valence-electron chi connectivity index (χ2n) is 7.07. The molecule has 164 valence electrons. The smallest absolute Gasteiger partial charge is 0.268 e. The molecule has 4 rings (SSSR count). The fourth-order valence-corrected chi connectivity index (χ4v) is 4.46. The van der Waals surface area contributed by atoms with E-state index < -0.39 is 20.9 Å². The van der Waals surface area contributed by atoms with Gasteiger partial charge in [-0.1, -0.05) is 24.3 Å². The molecule has 10 heteroatoms. The highest BCUT2D eigenvalue weighted by atomic mass is 32.2.